The highest BCUT2D eigenvalue weighted by atomic mass is 15.2. The van der Waals surface area contributed by atoms with Gasteiger partial charge in [0.15, 0.2) is 0 Å². The fourth-order valence-corrected chi connectivity index (χ4v) is 3.44. The van der Waals surface area contributed by atoms with Crippen molar-refractivity contribution in [2.75, 3.05) is 19.6 Å². The molecule has 2 fully saturated rings. The van der Waals surface area contributed by atoms with Gasteiger partial charge in [0.25, 0.3) is 0 Å². The minimum Gasteiger partial charge on any atom is -0.314 e. The maximum absolute atomic E-state index is 3.68. The predicted molar refractivity (Wildman–Crippen MR) is 74.4 cm³/mol. The Kier molecular flexibility index (Phi) is 5.79. The Labute approximate surface area is 107 Å². The van der Waals surface area contributed by atoms with Crippen molar-refractivity contribution >= 4 is 0 Å². The second-order valence-electron chi connectivity index (χ2n) is 5.91. The lowest BCUT2D eigenvalue weighted by Crippen LogP contribution is -2.46. The highest BCUT2D eigenvalue weighted by Crippen LogP contribution is 2.24. The minimum absolute atomic E-state index is 0.803. The Bertz CT molecular complexity index is 189. The lowest BCUT2D eigenvalue weighted by Gasteiger charge is -2.37. The molecule has 0 spiro atoms. The molecule has 1 N–H and O–H groups in total. The van der Waals surface area contributed by atoms with Gasteiger partial charge < -0.3 is 10.2 Å². The predicted octanol–water partition coefficient (Wildman–Crippen LogP) is 3.17. The van der Waals surface area contributed by atoms with Crippen molar-refractivity contribution in [3.8, 4) is 0 Å². The maximum atomic E-state index is 3.68. The van der Waals surface area contributed by atoms with Gasteiger partial charge in [-0.3, -0.25) is 0 Å². The molecule has 1 heterocycles. The van der Waals surface area contributed by atoms with E-state index in [0.29, 0.717) is 0 Å². The number of likely N-dealkylation sites (tertiary alicyclic amines) is 1. The maximum Gasteiger partial charge on any atom is 0.00952 e. The van der Waals surface area contributed by atoms with Crippen molar-refractivity contribution in [2.24, 2.45) is 0 Å². The third kappa shape index (κ3) is 4.26. The van der Waals surface area contributed by atoms with E-state index in [1.54, 1.807) is 0 Å². The van der Waals surface area contributed by atoms with Gasteiger partial charge in [-0.1, -0.05) is 32.6 Å². The van der Waals surface area contributed by atoms with Crippen molar-refractivity contribution < 1.29 is 0 Å². The van der Waals surface area contributed by atoms with E-state index in [2.05, 4.69) is 17.1 Å². The summed E-state index contributed by atoms with van der Waals surface area (Å²) in [5.41, 5.74) is 0. The van der Waals surface area contributed by atoms with Crippen LogP contribution in [0.5, 0.6) is 0 Å². The Morgan fingerprint density at radius 1 is 0.941 bits per heavy atom. The molecular formula is C15H30N2. The molecule has 0 bridgehead atoms. The molecular weight excluding hydrogens is 208 g/mol. The summed E-state index contributed by atoms with van der Waals surface area (Å²) in [6.45, 7) is 6.14. The van der Waals surface area contributed by atoms with Crippen LogP contribution in [0.25, 0.3) is 0 Å². The number of piperidine rings is 1. The van der Waals surface area contributed by atoms with E-state index in [-0.39, 0.29) is 0 Å². The highest BCUT2D eigenvalue weighted by molar-refractivity contribution is 4.82. The first-order valence-electron chi connectivity index (χ1n) is 7.87. The molecule has 17 heavy (non-hydrogen) atoms. The Morgan fingerprint density at radius 3 is 2.18 bits per heavy atom. The zero-order valence-electron chi connectivity index (χ0n) is 11.6. The molecule has 2 heteroatoms. The quantitative estimate of drug-likeness (QED) is 0.757. The van der Waals surface area contributed by atoms with Gasteiger partial charge in [0.05, 0.1) is 0 Å². The number of rotatable bonds is 4. The molecule has 0 aromatic carbocycles. The molecule has 2 rings (SSSR count). The first-order chi connectivity index (χ1) is 8.40. The molecule has 2 aliphatic rings. The molecule has 1 aliphatic heterocycles. The molecule has 0 aromatic rings. The van der Waals surface area contributed by atoms with Crippen LogP contribution >= 0.6 is 0 Å². The summed E-state index contributed by atoms with van der Waals surface area (Å²) in [5.74, 6) is 0. The lowest BCUT2D eigenvalue weighted by atomic mass is 9.99. The van der Waals surface area contributed by atoms with E-state index in [4.69, 9.17) is 0 Å². The summed E-state index contributed by atoms with van der Waals surface area (Å²) in [6, 6.07) is 1.72. The number of hydrogen-bond donors (Lipinski definition) is 1. The van der Waals surface area contributed by atoms with Gasteiger partial charge in [0.2, 0.25) is 0 Å². The van der Waals surface area contributed by atoms with Crippen molar-refractivity contribution in [1.29, 1.82) is 0 Å². The third-order valence-corrected chi connectivity index (χ3v) is 4.55. The van der Waals surface area contributed by atoms with Gasteiger partial charge in [-0.2, -0.15) is 0 Å². The smallest absolute Gasteiger partial charge is 0.00952 e. The Hall–Kier alpha value is -0.0800. The second kappa shape index (κ2) is 7.38. The fraction of sp³-hybridized carbons (Fsp3) is 1.00. The fourth-order valence-electron chi connectivity index (χ4n) is 3.44. The summed E-state index contributed by atoms with van der Waals surface area (Å²) >= 11 is 0. The zero-order chi connectivity index (χ0) is 11.9. The molecule has 0 atom stereocenters. The average Bonchev–Trinajstić information content (AvgIpc) is 2.66. The van der Waals surface area contributed by atoms with Crippen LogP contribution in [0, 0.1) is 0 Å². The number of nitrogens with zero attached hydrogens (tertiary/aromatic N) is 1. The van der Waals surface area contributed by atoms with E-state index in [9.17, 15) is 0 Å². The summed E-state index contributed by atoms with van der Waals surface area (Å²) < 4.78 is 0. The van der Waals surface area contributed by atoms with Gasteiger partial charge in [-0.15, -0.1) is 0 Å². The molecule has 0 unspecified atom stereocenters. The molecule has 1 aliphatic carbocycles. The van der Waals surface area contributed by atoms with Crippen LogP contribution in [0.4, 0.5) is 0 Å². The van der Waals surface area contributed by atoms with Crippen molar-refractivity contribution in [2.45, 2.75) is 76.8 Å². The molecule has 0 amide bonds. The van der Waals surface area contributed by atoms with Crippen LogP contribution in [0.3, 0.4) is 0 Å². The molecule has 2 nitrogen and oxygen atoms in total. The third-order valence-electron chi connectivity index (χ3n) is 4.55. The van der Waals surface area contributed by atoms with Crippen LogP contribution < -0.4 is 5.32 Å². The standard InChI is InChI=1S/C15H30N2/c1-2-11-16-14-9-12-17(13-10-14)15-7-5-3-4-6-8-15/h14-16H,2-13H2,1H3. The van der Waals surface area contributed by atoms with E-state index in [1.807, 2.05) is 0 Å². The van der Waals surface area contributed by atoms with Gasteiger partial charge in [-0.25, -0.2) is 0 Å². The van der Waals surface area contributed by atoms with Gasteiger partial charge in [0, 0.05) is 12.1 Å². The van der Waals surface area contributed by atoms with Crippen LogP contribution in [0.1, 0.15) is 64.7 Å². The normalized spacial score (nSPS) is 25.9. The molecule has 0 aromatic heterocycles. The van der Waals surface area contributed by atoms with Gasteiger partial charge in [-0.05, 0) is 51.7 Å². The van der Waals surface area contributed by atoms with Crippen molar-refractivity contribution in [3.63, 3.8) is 0 Å². The minimum atomic E-state index is 0.803. The summed E-state index contributed by atoms with van der Waals surface area (Å²) in [4.78, 5) is 2.79. The number of hydrogen-bond acceptors (Lipinski definition) is 2. The van der Waals surface area contributed by atoms with E-state index in [0.717, 1.165) is 12.1 Å². The van der Waals surface area contributed by atoms with E-state index < -0.39 is 0 Å². The highest BCUT2D eigenvalue weighted by Gasteiger charge is 2.24. The summed E-state index contributed by atoms with van der Waals surface area (Å²) in [5, 5.41) is 3.68. The van der Waals surface area contributed by atoms with E-state index >= 15 is 0 Å². The van der Waals surface area contributed by atoms with Gasteiger partial charge in [0.1, 0.15) is 0 Å². The Morgan fingerprint density at radius 2 is 1.59 bits per heavy atom. The van der Waals surface area contributed by atoms with Crippen LogP contribution in [0.15, 0.2) is 0 Å². The van der Waals surface area contributed by atoms with Gasteiger partial charge >= 0.3 is 0 Å². The first-order valence-corrected chi connectivity index (χ1v) is 7.87. The molecule has 100 valence electrons. The van der Waals surface area contributed by atoms with Crippen molar-refractivity contribution in [1.82, 2.24) is 10.2 Å². The largest absolute Gasteiger partial charge is 0.314 e. The second-order valence-corrected chi connectivity index (χ2v) is 5.91. The molecule has 0 radical (unpaired) electrons. The summed E-state index contributed by atoms with van der Waals surface area (Å²) in [7, 11) is 0. The van der Waals surface area contributed by atoms with E-state index in [1.165, 1.54) is 77.4 Å². The van der Waals surface area contributed by atoms with Crippen LogP contribution in [-0.2, 0) is 0 Å². The Balaban J connectivity index is 1.70. The monoisotopic (exact) mass is 238 g/mol. The number of nitrogens with one attached hydrogen (secondary N) is 1. The van der Waals surface area contributed by atoms with Crippen molar-refractivity contribution in [3.05, 3.63) is 0 Å². The van der Waals surface area contributed by atoms with Crippen LogP contribution in [0.2, 0.25) is 0 Å². The van der Waals surface area contributed by atoms with Crippen LogP contribution in [-0.4, -0.2) is 36.6 Å². The topological polar surface area (TPSA) is 15.3 Å². The average molecular weight is 238 g/mol. The summed E-state index contributed by atoms with van der Waals surface area (Å²) in [6.07, 6.45) is 12.8. The zero-order valence-corrected chi connectivity index (χ0v) is 11.6. The first kappa shape index (κ1) is 13.4. The lowest BCUT2D eigenvalue weighted by molar-refractivity contribution is 0.131. The molecule has 1 saturated heterocycles. The molecule has 1 saturated carbocycles. The SMILES string of the molecule is CCCNC1CCN(C2CCCCCC2)CC1.